The molecule has 2 fully saturated rings. The van der Waals surface area contributed by atoms with Crippen LogP contribution in [0.15, 0.2) is 36.4 Å². The van der Waals surface area contributed by atoms with E-state index in [-0.39, 0.29) is 24.0 Å². The SMILES string of the molecule is CC(=O)Nc1nnc(N2CCN([C@@H](C)c3ccc4c(c3)O[C@H](C)C4)CC2)s1.CC(=O)Nc1nnc(N2CCN([C@H](C)c3ccc4c(c3)O[C@H](C)C4)CC2)s1. The number of carbonyl (C=O) groups excluding carboxylic acids is 2. The minimum Gasteiger partial charge on any atom is -0.490 e. The predicted molar refractivity (Wildman–Crippen MR) is 213 cm³/mol. The number of aromatic nitrogens is 4. The van der Waals surface area contributed by atoms with Crippen LogP contribution in [-0.2, 0) is 22.4 Å². The molecule has 0 saturated carbocycles. The second-order valence-electron chi connectivity index (χ2n) is 14.5. The molecule has 0 spiro atoms. The zero-order chi connectivity index (χ0) is 37.9. The second kappa shape index (κ2) is 16.6. The van der Waals surface area contributed by atoms with E-state index in [2.05, 4.69) is 115 Å². The number of rotatable bonds is 8. The van der Waals surface area contributed by atoms with Crippen molar-refractivity contribution in [2.45, 2.75) is 78.7 Å². The highest BCUT2D eigenvalue weighted by Crippen LogP contribution is 2.35. The summed E-state index contributed by atoms with van der Waals surface area (Å²) in [5, 5.41) is 24.7. The number of piperazine rings is 2. The van der Waals surface area contributed by atoms with Crippen molar-refractivity contribution in [1.82, 2.24) is 30.2 Å². The van der Waals surface area contributed by atoms with E-state index in [1.54, 1.807) is 0 Å². The third-order valence-corrected chi connectivity index (χ3v) is 12.3. The van der Waals surface area contributed by atoms with E-state index in [1.807, 2.05) is 0 Å². The van der Waals surface area contributed by atoms with Gasteiger partial charge in [0.2, 0.25) is 32.3 Å². The van der Waals surface area contributed by atoms with Crippen LogP contribution in [0, 0.1) is 0 Å². The number of anilines is 4. The summed E-state index contributed by atoms with van der Waals surface area (Å²) in [5.74, 6) is 1.85. The third kappa shape index (κ3) is 8.94. The number of hydrogen-bond acceptors (Lipinski definition) is 14. The Hall–Kier alpha value is -4.38. The number of fused-ring (bicyclic) bond motifs is 2. The Labute approximate surface area is 324 Å². The molecular weight excluding hydrogens is 725 g/mol. The fourth-order valence-corrected chi connectivity index (χ4v) is 9.15. The average Bonchev–Trinajstić information content (AvgIpc) is 3.97. The standard InChI is InChI=1S/2C19H25N5O2S/c2*1-12-10-16-5-4-15(11-17(16)26-12)13(2)23-6-8-24(9-7-23)19-22-21-18(27-19)20-14(3)25/h2*4-5,11-13H,6-10H2,1-3H3,(H,20,21,25)/t12-,13+;12-,13-/m11/s1. The van der Waals surface area contributed by atoms with Crippen LogP contribution in [0.25, 0.3) is 0 Å². The lowest BCUT2D eigenvalue weighted by Gasteiger charge is -2.38. The molecule has 0 bridgehead atoms. The Bertz CT molecular complexity index is 1800. The first-order chi connectivity index (χ1) is 26.0. The van der Waals surface area contributed by atoms with Gasteiger partial charge in [0.05, 0.1) is 0 Å². The molecule has 6 heterocycles. The van der Waals surface area contributed by atoms with Crippen LogP contribution in [0.4, 0.5) is 20.5 Å². The Morgan fingerprint density at radius 3 is 1.41 bits per heavy atom. The minimum atomic E-state index is -0.121. The van der Waals surface area contributed by atoms with Gasteiger partial charge in [0.25, 0.3) is 0 Å². The molecule has 2 aromatic heterocycles. The summed E-state index contributed by atoms with van der Waals surface area (Å²) in [5.41, 5.74) is 5.24. The molecular formula is C38H50N10O4S2. The lowest BCUT2D eigenvalue weighted by Crippen LogP contribution is -2.47. The Kier molecular flexibility index (Phi) is 11.6. The van der Waals surface area contributed by atoms with E-state index in [0.717, 1.165) is 87.0 Å². The molecule has 4 aromatic rings. The highest BCUT2D eigenvalue weighted by molar-refractivity contribution is 7.19. The predicted octanol–water partition coefficient (Wildman–Crippen LogP) is 5.41. The Morgan fingerprint density at radius 1 is 0.648 bits per heavy atom. The smallest absolute Gasteiger partial charge is 0.223 e. The number of ether oxygens (including phenoxy) is 2. The number of hydrogen-bond donors (Lipinski definition) is 2. The molecule has 0 unspecified atom stereocenters. The van der Waals surface area contributed by atoms with Gasteiger partial charge in [0.15, 0.2) is 0 Å². The fraction of sp³-hybridized carbons (Fsp3) is 0.526. The normalized spacial score (nSPS) is 20.9. The van der Waals surface area contributed by atoms with Gasteiger partial charge in [0.1, 0.15) is 23.7 Å². The fourth-order valence-electron chi connectivity index (χ4n) is 7.47. The van der Waals surface area contributed by atoms with Crippen LogP contribution in [0.1, 0.15) is 75.9 Å². The van der Waals surface area contributed by atoms with Gasteiger partial charge in [-0.3, -0.25) is 19.4 Å². The molecule has 4 aliphatic rings. The van der Waals surface area contributed by atoms with Crippen molar-refractivity contribution in [2.75, 3.05) is 72.8 Å². The van der Waals surface area contributed by atoms with E-state index in [0.29, 0.717) is 22.3 Å². The van der Waals surface area contributed by atoms with Crippen LogP contribution >= 0.6 is 22.7 Å². The summed E-state index contributed by atoms with van der Waals surface area (Å²) in [6.45, 7) is 19.2. The topological polar surface area (TPSA) is 141 Å². The quantitative estimate of drug-likeness (QED) is 0.237. The summed E-state index contributed by atoms with van der Waals surface area (Å²) >= 11 is 2.85. The lowest BCUT2D eigenvalue weighted by molar-refractivity contribution is -0.115. The van der Waals surface area contributed by atoms with E-state index < -0.39 is 0 Å². The first-order valence-corrected chi connectivity index (χ1v) is 20.4. The number of nitrogens with zero attached hydrogens (tertiary/aromatic N) is 8. The number of benzene rings is 2. The molecule has 16 heteroatoms. The van der Waals surface area contributed by atoms with Crippen LogP contribution in [0.3, 0.4) is 0 Å². The first kappa shape index (κ1) is 37.9. The maximum Gasteiger partial charge on any atom is 0.223 e. The first-order valence-electron chi connectivity index (χ1n) is 18.8. The molecule has 2 amide bonds. The molecule has 8 rings (SSSR count). The molecule has 2 saturated heterocycles. The van der Waals surface area contributed by atoms with Crippen LogP contribution in [-0.4, -0.2) is 107 Å². The van der Waals surface area contributed by atoms with E-state index >= 15 is 0 Å². The largest absolute Gasteiger partial charge is 0.490 e. The Balaban J connectivity index is 0.000000167. The molecule has 2 aromatic carbocycles. The molecule has 4 aliphatic heterocycles. The maximum atomic E-state index is 11.1. The van der Waals surface area contributed by atoms with Crippen LogP contribution < -0.4 is 29.9 Å². The van der Waals surface area contributed by atoms with Gasteiger partial charge in [0, 0.05) is 91.1 Å². The monoisotopic (exact) mass is 774 g/mol. The third-order valence-electron chi connectivity index (χ3n) is 10.5. The van der Waals surface area contributed by atoms with Crippen molar-refractivity contribution in [3.05, 3.63) is 58.7 Å². The van der Waals surface area contributed by atoms with Gasteiger partial charge in [-0.2, -0.15) is 0 Å². The molecule has 54 heavy (non-hydrogen) atoms. The van der Waals surface area contributed by atoms with Crippen molar-refractivity contribution >= 4 is 55.0 Å². The second-order valence-corrected chi connectivity index (χ2v) is 16.5. The van der Waals surface area contributed by atoms with Crippen molar-refractivity contribution in [2.24, 2.45) is 0 Å². The van der Waals surface area contributed by atoms with Gasteiger partial charge in [-0.1, -0.05) is 46.9 Å². The van der Waals surface area contributed by atoms with Crippen molar-refractivity contribution in [1.29, 1.82) is 0 Å². The average molecular weight is 775 g/mol. The van der Waals surface area contributed by atoms with Crippen LogP contribution in [0.2, 0.25) is 0 Å². The summed E-state index contributed by atoms with van der Waals surface area (Å²) in [6.07, 6.45) is 2.57. The summed E-state index contributed by atoms with van der Waals surface area (Å²) < 4.78 is 11.8. The summed E-state index contributed by atoms with van der Waals surface area (Å²) in [7, 11) is 0. The zero-order valence-corrected chi connectivity index (χ0v) is 33.5. The Morgan fingerprint density at radius 2 is 1.04 bits per heavy atom. The highest BCUT2D eigenvalue weighted by Gasteiger charge is 2.28. The van der Waals surface area contributed by atoms with Crippen molar-refractivity contribution in [3.63, 3.8) is 0 Å². The molecule has 2 N–H and O–H groups in total. The van der Waals surface area contributed by atoms with Gasteiger partial charge in [-0.05, 0) is 62.1 Å². The van der Waals surface area contributed by atoms with Crippen LogP contribution in [0.5, 0.6) is 11.5 Å². The van der Waals surface area contributed by atoms with Gasteiger partial charge >= 0.3 is 0 Å². The van der Waals surface area contributed by atoms with Gasteiger partial charge in [-0.25, -0.2) is 0 Å². The molecule has 14 nitrogen and oxygen atoms in total. The molecule has 0 radical (unpaired) electrons. The lowest BCUT2D eigenvalue weighted by atomic mass is 10.0. The van der Waals surface area contributed by atoms with E-state index in [4.69, 9.17) is 9.47 Å². The summed E-state index contributed by atoms with van der Waals surface area (Å²) in [4.78, 5) is 31.7. The minimum absolute atomic E-state index is 0.121. The highest BCUT2D eigenvalue weighted by atomic mass is 32.1. The van der Waals surface area contributed by atoms with Gasteiger partial charge < -0.3 is 29.9 Å². The molecule has 0 aliphatic carbocycles. The number of nitrogens with one attached hydrogen (secondary N) is 2. The van der Waals surface area contributed by atoms with E-state index in [9.17, 15) is 9.59 Å². The number of amides is 2. The summed E-state index contributed by atoms with van der Waals surface area (Å²) in [6, 6.07) is 14.0. The molecule has 288 valence electrons. The van der Waals surface area contributed by atoms with Crippen molar-refractivity contribution in [3.8, 4) is 11.5 Å². The van der Waals surface area contributed by atoms with E-state index in [1.165, 1.54) is 58.8 Å². The van der Waals surface area contributed by atoms with Crippen molar-refractivity contribution < 1.29 is 19.1 Å². The van der Waals surface area contributed by atoms with Gasteiger partial charge in [-0.15, -0.1) is 20.4 Å². The molecule has 4 atom stereocenters. The zero-order valence-electron chi connectivity index (χ0n) is 31.9. The maximum absolute atomic E-state index is 11.1. The number of carbonyl (C=O) groups is 2.